The molecule has 1 aliphatic rings. The molecule has 0 saturated carbocycles. The molecular weight excluding hydrogens is 452 g/mol. The van der Waals surface area contributed by atoms with E-state index in [4.69, 9.17) is 9.47 Å². The van der Waals surface area contributed by atoms with Gasteiger partial charge in [-0.15, -0.1) is 0 Å². The van der Waals surface area contributed by atoms with E-state index in [1.807, 2.05) is 36.4 Å². The third-order valence-corrected chi connectivity index (χ3v) is 5.84. The second-order valence-electron chi connectivity index (χ2n) is 8.12. The van der Waals surface area contributed by atoms with E-state index in [1.165, 1.54) is 13.2 Å². The quantitative estimate of drug-likeness (QED) is 0.327. The fraction of sp³-hybridized carbons (Fsp3) is 0.280. The molecule has 0 radical (unpaired) electrons. The Labute approximate surface area is 201 Å². The van der Waals surface area contributed by atoms with Crippen LogP contribution in [0.5, 0.6) is 0 Å². The highest BCUT2D eigenvalue weighted by Crippen LogP contribution is 2.44. The highest BCUT2D eigenvalue weighted by molar-refractivity contribution is 5.96. The first-order chi connectivity index (χ1) is 17.0. The predicted molar refractivity (Wildman–Crippen MR) is 127 cm³/mol. The maximum absolute atomic E-state index is 12.4. The average Bonchev–Trinajstić information content (AvgIpc) is 3.45. The molecule has 10 heteroatoms. The van der Waals surface area contributed by atoms with Crippen LogP contribution in [0, 0.1) is 0 Å². The number of H-pyrrole nitrogens is 1. The average molecular weight is 479 g/mol. The van der Waals surface area contributed by atoms with Gasteiger partial charge in [0.2, 0.25) is 0 Å². The topological polar surface area (TPSA) is 143 Å². The monoisotopic (exact) mass is 478 g/mol. The molecule has 0 aliphatic heterocycles. The molecule has 0 spiro atoms. The van der Waals surface area contributed by atoms with Gasteiger partial charge in [-0.1, -0.05) is 48.5 Å². The van der Waals surface area contributed by atoms with Crippen LogP contribution in [0.3, 0.4) is 0 Å². The van der Waals surface area contributed by atoms with Crippen molar-refractivity contribution >= 4 is 23.8 Å². The van der Waals surface area contributed by atoms with Crippen molar-refractivity contribution in [3.63, 3.8) is 0 Å². The summed E-state index contributed by atoms with van der Waals surface area (Å²) in [5.41, 5.74) is 4.46. The molecule has 2 aromatic carbocycles. The van der Waals surface area contributed by atoms with Crippen LogP contribution in [0.1, 0.15) is 40.4 Å². The fourth-order valence-electron chi connectivity index (χ4n) is 4.17. The minimum absolute atomic E-state index is 0.0111. The first kappa shape index (κ1) is 24.0. The molecule has 1 heterocycles. The number of carbonyl (C=O) groups excluding carboxylic acids is 2. The molecular formula is C25H26N4O6. The number of nitrogens with zero attached hydrogens (tertiary/aromatic N) is 1. The Morgan fingerprint density at radius 2 is 1.74 bits per heavy atom. The summed E-state index contributed by atoms with van der Waals surface area (Å²) in [6.07, 6.45) is -0.0209. The van der Waals surface area contributed by atoms with Crippen LogP contribution in [-0.4, -0.2) is 59.6 Å². The number of benzene rings is 2. The number of aliphatic carboxylic acids is 1. The lowest BCUT2D eigenvalue weighted by molar-refractivity contribution is -0.139. The number of amides is 2. The molecule has 0 fully saturated rings. The third kappa shape index (κ3) is 5.49. The zero-order valence-electron chi connectivity index (χ0n) is 19.1. The summed E-state index contributed by atoms with van der Waals surface area (Å²) >= 11 is 0. The van der Waals surface area contributed by atoms with Crippen LogP contribution >= 0.6 is 0 Å². The minimum atomic E-state index is -1.15. The Hall–Kier alpha value is -4.18. The van der Waals surface area contributed by atoms with E-state index in [9.17, 15) is 19.5 Å². The molecule has 1 unspecified atom stereocenters. The van der Waals surface area contributed by atoms with Gasteiger partial charge in [-0.05, 0) is 35.1 Å². The van der Waals surface area contributed by atoms with Crippen LogP contribution in [0.2, 0.25) is 0 Å². The third-order valence-electron chi connectivity index (χ3n) is 5.84. The van der Waals surface area contributed by atoms with Gasteiger partial charge in [-0.2, -0.15) is 5.10 Å². The van der Waals surface area contributed by atoms with E-state index in [2.05, 4.69) is 33.0 Å². The van der Waals surface area contributed by atoms with Crippen LogP contribution in [0.4, 0.5) is 10.6 Å². The largest absolute Gasteiger partial charge is 0.480 e. The van der Waals surface area contributed by atoms with Crippen molar-refractivity contribution in [2.75, 3.05) is 25.6 Å². The smallest absolute Gasteiger partial charge is 0.412 e. The minimum Gasteiger partial charge on any atom is -0.480 e. The van der Waals surface area contributed by atoms with E-state index >= 15 is 0 Å². The summed E-state index contributed by atoms with van der Waals surface area (Å²) in [7, 11) is 1.52. The maximum Gasteiger partial charge on any atom is 0.412 e. The molecule has 0 saturated heterocycles. The lowest BCUT2D eigenvalue weighted by Gasteiger charge is -2.14. The lowest BCUT2D eigenvalue weighted by Crippen LogP contribution is -2.41. The summed E-state index contributed by atoms with van der Waals surface area (Å²) in [5.74, 6) is -1.80. The van der Waals surface area contributed by atoms with E-state index in [1.54, 1.807) is 0 Å². The molecule has 1 atom stereocenters. The molecule has 1 aliphatic carbocycles. The number of rotatable bonds is 10. The number of methoxy groups -OCH3 is 1. The number of anilines is 1. The number of aromatic amines is 1. The molecule has 2 amide bonds. The van der Waals surface area contributed by atoms with E-state index in [0.29, 0.717) is 13.0 Å². The van der Waals surface area contributed by atoms with Crippen molar-refractivity contribution < 1.29 is 29.0 Å². The number of carboxylic acid groups (broad SMARTS) is 1. The number of hydrogen-bond donors (Lipinski definition) is 4. The van der Waals surface area contributed by atoms with Crippen molar-refractivity contribution in [3.05, 3.63) is 71.4 Å². The van der Waals surface area contributed by atoms with Crippen molar-refractivity contribution in [1.82, 2.24) is 15.5 Å². The Balaban J connectivity index is 1.33. The van der Waals surface area contributed by atoms with Crippen molar-refractivity contribution in [3.8, 4) is 11.1 Å². The molecule has 182 valence electrons. The Kier molecular flexibility index (Phi) is 7.41. The standard InChI is InChI=1S/C25H26N4O6/c1-34-12-6-11-20(24(31)32)26-23(30)21-13-22(29-28-21)27-25(33)35-14-19-17-9-4-2-7-15(17)16-8-3-5-10-18(16)19/h2-5,7-10,13,19-20H,6,11-12,14H2,1H3,(H,26,30)(H,31,32)(H2,27,28,29,33). The molecule has 1 aromatic heterocycles. The van der Waals surface area contributed by atoms with Gasteiger partial charge in [0.15, 0.2) is 5.82 Å². The first-order valence-corrected chi connectivity index (χ1v) is 11.2. The summed E-state index contributed by atoms with van der Waals surface area (Å²) in [4.78, 5) is 36.2. The van der Waals surface area contributed by atoms with Crippen molar-refractivity contribution in [2.45, 2.75) is 24.8 Å². The Morgan fingerprint density at radius 3 is 2.37 bits per heavy atom. The van der Waals surface area contributed by atoms with E-state index in [-0.39, 0.29) is 30.5 Å². The summed E-state index contributed by atoms with van der Waals surface area (Å²) in [6.45, 7) is 0.525. The normalized spacial score (nSPS) is 12.9. The Bertz CT molecular complexity index is 1180. The molecule has 4 N–H and O–H groups in total. The zero-order valence-corrected chi connectivity index (χ0v) is 19.1. The van der Waals surface area contributed by atoms with Gasteiger partial charge < -0.3 is 19.9 Å². The van der Waals surface area contributed by atoms with Crippen LogP contribution < -0.4 is 10.6 Å². The van der Waals surface area contributed by atoms with Gasteiger partial charge in [0.25, 0.3) is 5.91 Å². The maximum atomic E-state index is 12.4. The highest BCUT2D eigenvalue weighted by Gasteiger charge is 2.29. The van der Waals surface area contributed by atoms with E-state index in [0.717, 1.165) is 22.3 Å². The number of carbonyl (C=O) groups is 3. The fourth-order valence-corrected chi connectivity index (χ4v) is 4.17. The Morgan fingerprint density at radius 1 is 1.09 bits per heavy atom. The predicted octanol–water partition coefficient (Wildman–Crippen LogP) is 3.38. The highest BCUT2D eigenvalue weighted by atomic mass is 16.5. The number of hydrogen-bond acceptors (Lipinski definition) is 6. The zero-order chi connectivity index (χ0) is 24.8. The molecule has 35 heavy (non-hydrogen) atoms. The summed E-state index contributed by atoms with van der Waals surface area (Å²) < 4.78 is 10.4. The van der Waals surface area contributed by atoms with Gasteiger partial charge >= 0.3 is 12.1 Å². The number of ether oxygens (including phenoxy) is 2. The second kappa shape index (κ2) is 10.8. The number of aromatic nitrogens is 2. The number of carboxylic acids is 1. The van der Waals surface area contributed by atoms with Gasteiger partial charge in [0, 0.05) is 25.7 Å². The van der Waals surface area contributed by atoms with Gasteiger partial charge in [0.1, 0.15) is 18.3 Å². The summed E-state index contributed by atoms with van der Waals surface area (Å²) in [5, 5.41) is 20.6. The second-order valence-corrected chi connectivity index (χ2v) is 8.12. The van der Waals surface area contributed by atoms with Gasteiger partial charge in [-0.3, -0.25) is 15.2 Å². The molecule has 10 nitrogen and oxygen atoms in total. The SMILES string of the molecule is COCCCC(NC(=O)c1cc(NC(=O)OCC2c3ccccc3-c3ccccc32)n[nH]1)C(=O)O. The van der Waals surface area contributed by atoms with Crippen molar-refractivity contribution in [2.24, 2.45) is 0 Å². The molecule has 4 rings (SSSR count). The van der Waals surface area contributed by atoms with Crippen molar-refractivity contribution in [1.29, 1.82) is 0 Å². The lowest BCUT2D eigenvalue weighted by atomic mass is 9.98. The van der Waals surface area contributed by atoms with Crippen LogP contribution in [-0.2, 0) is 14.3 Å². The van der Waals surface area contributed by atoms with Crippen LogP contribution in [0.25, 0.3) is 11.1 Å². The number of fused-ring (bicyclic) bond motifs is 3. The summed E-state index contributed by atoms with van der Waals surface area (Å²) in [6, 6.07) is 16.3. The molecule has 0 bridgehead atoms. The number of nitrogens with one attached hydrogen (secondary N) is 3. The first-order valence-electron chi connectivity index (χ1n) is 11.2. The van der Waals surface area contributed by atoms with Gasteiger partial charge in [-0.25, -0.2) is 9.59 Å². The van der Waals surface area contributed by atoms with Gasteiger partial charge in [0.05, 0.1) is 0 Å². The van der Waals surface area contributed by atoms with E-state index < -0.39 is 24.0 Å². The molecule has 3 aromatic rings. The van der Waals surface area contributed by atoms with Crippen LogP contribution in [0.15, 0.2) is 54.6 Å².